The molecule has 4 nitrogen and oxygen atoms in total. The molecule has 0 aromatic heterocycles. The van der Waals surface area contributed by atoms with Crippen molar-refractivity contribution in [1.82, 2.24) is 0 Å². The third-order valence-electron chi connectivity index (χ3n) is 2.30. The van der Waals surface area contributed by atoms with Gasteiger partial charge in [0.1, 0.15) is 0 Å². The van der Waals surface area contributed by atoms with Gasteiger partial charge in [-0.25, -0.2) is 0 Å². The van der Waals surface area contributed by atoms with Crippen molar-refractivity contribution < 1.29 is 4.92 Å². The molecular formula is C12H10N2O2. The van der Waals surface area contributed by atoms with Crippen LogP contribution in [0.25, 0.3) is 0 Å². The molecule has 2 N–H and O–H groups in total. The van der Waals surface area contributed by atoms with E-state index in [1.165, 1.54) is 12.2 Å². The molecule has 0 spiro atoms. The Hall–Kier alpha value is -2.36. The van der Waals surface area contributed by atoms with E-state index in [4.69, 9.17) is 5.73 Å². The zero-order valence-electron chi connectivity index (χ0n) is 8.46. The lowest BCUT2D eigenvalue weighted by Crippen LogP contribution is -1.93. The van der Waals surface area contributed by atoms with Gasteiger partial charge in [-0.05, 0) is 29.4 Å². The van der Waals surface area contributed by atoms with Gasteiger partial charge in [-0.3, -0.25) is 10.1 Å². The van der Waals surface area contributed by atoms with E-state index in [-0.39, 0.29) is 5.70 Å². The van der Waals surface area contributed by atoms with Crippen LogP contribution in [0.1, 0.15) is 0 Å². The van der Waals surface area contributed by atoms with Gasteiger partial charge in [-0.1, -0.05) is 18.2 Å². The summed E-state index contributed by atoms with van der Waals surface area (Å²) in [7, 11) is 0. The van der Waals surface area contributed by atoms with Crippen LogP contribution in [0, 0.1) is 10.1 Å². The summed E-state index contributed by atoms with van der Waals surface area (Å²) in [4.78, 5) is 10.2. The van der Waals surface area contributed by atoms with Crippen molar-refractivity contribution in [2.75, 3.05) is 0 Å². The maximum Gasteiger partial charge on any atom is 0.269 e. The lowest BCUT2D eigenvalue weighted by atomic mass is 10.1. The normalized spacial score (nSPS) is 23.0. The average molecular weight is 214 g/mol. The quantitative estimate of drug-likeness (QED) is 0.536. The molecule has 2 aliphatic rings. The van der Waals surface area contributed by atoms with Crippen molar-refractivity contribution >= 4 is 0 Å². The Morgan fingerprint density at radius 2 is 1.81 bits per heavy atom. The molecule has 16 heavy (non-hydrogen) atoms. The molecule has 0 saturated carbocycles. The molecule has 0 saturated heterocycles. The largest absolute Gasteiger partial charge is 0.399 e. The molecule has 0 amide bonds. The summed E-state index contributed by atoms with van der Waals surface area (Å²) in [5.41, 5.74) is 8.25. The summed E-state index contributed by atoms with van der Waals surface area (Å²) in [5.74, 6) is 0. The van der Waals surface area contributed by atoms with Crippen LogP contribution in [0.3, 0.4) is 0 Å². The van der Waals surface area contributed by atoms with Crippen molar-refractivity contribution in [2.24, 2.45) is 5.73 Å². The number of hydrogen-bond acceptors (Lipinski definition) is 3. The summed E-state index contributed by atoms with van der Waals surface area (Å²) in [6, 6.07) is 0. The molecular weight excluding hydrogens is 204 g/mol. The lowest BCUT2D eigenvalue weighted by molar-refractivity contribution is -0.418. The highest BCUT2D eigenvalue weighted by atomic mass is 16.6. The number of allylic oxidation sites excluding steroid dienone is 10. The SMILES string of the molecule is NC1=C/C(=C2\C=CC=C([N+](=O)[O-])C=C2)C=C1. The van der Waals surface area contributed by atoms with Crippen LogP contribution < -0.4 is 5.73 Å². The van der Waals surface area contributed by atoms with Crippen molar-refractivity contribution in [1.29, 1.82) is 0 Å². The molecule has 2 rings (SSSR count). The fourth-order valence-corrected chi connectivity index (χ4v) is 1.49. The molecule has 0 fully saturated rings. The zero-order chi connectivity index (χ0) is 11.5. The van der Waals surface area contributed by atoms with Crippen molar-refractivity contribution in [2.45, 2.75) is 0 Å². The van der Waals surface area contributed by atoms with E-state index in [1.54, 1.807) is 18.2 Å². The van der Waals surface area contributed by atoms with E-state index in [1.807, 2.05) is 18.2 Å². The number of nitro groups is 1. The van der Waals surface area contributed by atoms with Crippen LogP contribution in [0.2, 0.25) is 0 Å². The summed E-state index contributed by atoms with van der Waals surface area (Å²) in [6.07, 6.45) is 13.7. The number of rotatable bonds is 1. The molecule has 0 aromatic rings. The fourth-order valence-electron chi connectivity index (χ4n) is 1.49. The molecule has 80 valence electrons. The minimum atomic E-state index is -0.414. The smallest absolute Gasteiger partial charge is 0.269 e. The van der Waals surface area contributed by atoms with Crippen LogP contribution in [0.15, 0.2) is 71.1 Å². The highest BCUT2D eigenvalue weighted by Crippen LogP contribution is 2.20. The van der Waals surface area contributed by atoms with Crippen LogP contribution in [-0.4, -0.2) is 4.92 Å². The van der Waals surface area contributed by atoms with Crippen molar-refractivity contribution in [3.8, 4) is 0 Å². The molecule has 0 aromatic carbocycles. The van der Waals surface area contributed by atoms with Crippen LogP contribution in [-0.2, 0) is 0 Å². The van der Waals surface area contributed by atoms with E-state index < -0.39 is 4.92 Å². The molecule has 0 radical (unpaired) electrons. The van der Waals surface area contributed by atoms with E-state index >= 15 is 0 Å². The second kappa shape index (κ2) is 4.02. The third kappa shape index (κ3) is 2.00. The predicted octanol–water partition coefficient (Wildman–Crippen LogP) is 1.98. The van der Waals surface area contributed by atoms with Gasteiger partial charge in [0.2, 0.25) is 0 Å². The van der Waals surface area contributed by atoms with Gasteiger partial charge in [0.15, 0.2) is 0 Å². The van der Waals surface area contributed by atoms with Gasteiger partial charge in [0.05, 0.1) is 4.92 Å². The van der Waals surface area contributed by atoms with Gasteiger partial charge < -0.3 is 5.73 Å². The highest BCUT2D eigenvalue weighted by Gasteiger charge is 2.08. The van der Waals surface area contributed by atoms with E-state index in [9.17, 15) is 10.1 Å². The Morgan fingerprint density at radius 3 is 2.44 bits per heavy atom. The lowest BCUT2D eigenvalue weighted by Gasteiger charge is -1.95. The molecule has 0 heterocycles. The first-order chi connectivity index (χ1) is 7.66. The van der Waals surface area contributed by atoms with Crippen LogP contribution >= 0.6 is 0 Å². The maximum atomic E-state index is 10.6. The molecule has 4 heteroatoms. The Bertz CT molecular complexity index is 517. The first-order valence-electron chi connectivity index (χ1n) is 4.77. The Balaban J connectivity index is 2.35. The Morgan fingerprint density at radius 1 is 1.06 bits per heavy atom. The second-order valence-electron chi connectivity index (χ2n) is 3.43. The molecule has 2 aliphatic carbocycles. The Kier molecular flexibility index (Phi) is 2.55. The number of nitrogens with zero attached hydrogens (tertiary/aromatic N) is 1. The Labute approximate surface area is 92.6 Å². The monoisotopic (exact) mass is 214 g/mol. The predicted molar refractivity (Wildman–Crippen MR) is 61.8 cm³/mol. The molecule has 0 bridgehead atoms. The number of hydrogen-bond donors (Lipinski definition) is 1. The maximum absolute atomic E-state index is 10.6. The van der Waals surface area contributed by atoms with Crippen LogP contribution in [0.5, 0.6) is 0 Å². The van der Waals surface area contributed by atoms with E-state index in [0.717, 1.165) is 11.1 Å². The second-order valence-corrected chi connectivity index (χ2v) is 3.43. The van der Waals surface area contributed by atoms with Crippen molar-refractivity contribution in [3.63, 3.8) is 0 Å². The van der Waals surface area contributed by atoms with Gasteiger partial charge >= 0.3 is 0 Å². The topological polar surface area (TPSA) is 69.2 Å². The minimum Gasteiger partial charge on any atom is -0.399 e. The summed E-state index contributed by atoms with van der Waals surface area (Å²) in [6.45, 7) is 0. The standard InChI is InChI=1S/C12H10N2O2/c13-11-6-4-10(8-11)9-2-1-3-12(7-5-9)14(15)16/h1-8H,13H2/b10-9+. The number of nitrogens with two attached hydrogens (primary N) is 1. The van der Waals surface area contributed by atoms with E-state index in [0.29, 0.717) is 5.70 Å². The first-order valence-corrected chi connectivity index (χ1v) is 4.77. The van der Waals surface area contributed by atoms with Crippen LogP contribution in [0.4, 0.5) is 0 Å². The van der Waals surface area contributed by atoms with Crippen molar-refractivity contribution in [3.05, 3.63) is 81.3 Å². The summed E-state index contributed by atoms with van der Waals surface area (Å²) in [5, 5.41) is 10.6. The van der Waals surface area contributed by atoms with Gasteiger partial charge in [0, 0.05) is 17.8 Å². The van der Waals surface area contributed by atoms with Gasteiger partial charge in [0.25, 0.3) is 5.70 Å². The summed E-state index contributed by atoms with van der Waals surface area (Å²) >= 11 is 0. The zero-order valence-corrected chi connectivity index (χ0v) is 8.46. The van der Waals surface area contributed by atoms with Gasteiger partial charge in [-0.15, -0.1) is 0 Å². The molecule has 0 aliphatic heterocycles. The highest BCUT2D eigenvalue weighted by molar-refractivity contribution is 5.55. The molecule has 0 unspecified atom stereocenters. The van der Waals surface area contributed by atoms with E-state index in [2.05, 4.69) is 0 Å². The third-order valence-corrected chi connectivity index (χ3v) is 2.30. The van der Waals surface area contributed by atoms with Gasteiger partial charge in [-0.2, -0.15) is 0 Å². The first kappa shape index (κ1) is 10.2. The fraction of sp³-hybridized carbons (Fsp3) is 0. The molecule has 0 atom stereocenters. The average Bonchev–Trinajstić information content (AvgIpc) is 2.54. The minimum absolute atomic E-state index is 0.0748. The summed E-state index contributed by atoms with van der Waals surface area (Å²) < 4.78 is 0.